The van der Waals surface area contributed by atoms with Crippen molar-refractivity contribution in [1.82, 2.24) is 0 Å². The highest BCUT2D eigenvalue weighted by atomic mass is 16.3. The van der Waals surface area contributed by atoms with Gasteiger partial charge in [-0.25, -0.2) is 4.99 Å². The normalized spacial score (nSPS) is 14.3. The van der Waals surface area contributed by atoms with E-state index in [1.807, 2.05) is 66.7 Å². The molecule has 0 saturated carbocycles. The molecule has 2 heterocycles. The van der Waals surface area contributed by atoms with E-state index in [1.54, 1.807) is 0 Å². The van der Waals surface area contributed by atoms with Gasteiger partial charge in [-0.05, 0) is 46.5 Å². The van der Waals surface area contributed by atoms with Crippen molar-refractivity contribution >= 4 is 50.5 Å². The second kappa shape index (κ2) is 11.0. The van der Waals surface area contributed by atoms with Crippen LogP contribution in [0.25, 0.3) is 61.2 Å². The largest absolute Gasteiger partial charge is 0.456 e. The maximum atomic E-state index is 9.54. The van der Waals surface area contributed by atoms with E-state index in [2.05, 4.69) is 91.0 Å². The SMILES string of the molecule is N=C(N=C(c1cccc(-c2ccccc2)c1)C1C=Cc2oc3ccccc3c21)c1cccc2oc3c(-c4ccccc4)cccc3c12. The number of nitrogens with zero attached hydrogens (tertiary/aromatic N) is 1. The third kappa shape index (κ3) is 4.53. The number of amidine groups is 1. The molecular weight excluding hydrogens is 576 g/mol. The standard InChI is InChI=1S/C43H28N2O2/c44-43(35-21-11-23-37-40(35)34-20-10-19-31(42(34)47-37)28-14-5-2-6-15-28)45-41(30-17-9-16-29(26-30)27-12-3-1-4-13-27)33-24-25-38-39(33)32-18-7-8-22-36(32)46-38/h1-26,33,44H. The summed E-state index contributed by atoms with van der Waals surface area (Å²) in [5.41, 5.74) is 10.3. The molecule has 0 spiro atoms. The first-order valence-electron chi connectivity index (χ1n) is 15.8. The molecule has 8 aromatic rings. The van der Waals surface area contributed by atoms with Crippen LogP contribution in [0, 0.1) is 5.41 Å². The highest BCUT2D eigenvalue weighted by molar-refractivity contribution is 6.23. The number of para-hydroxylation sites is 2. The van der Waals surface area contributed by atoms with E-state index in [-0.39, 0.29) is 11.8 Å². The zero-order chi connectivity index (χ0) is 31.3. The molecule has 6 aromatic carbocycles. The lowest BCUT2D eigenvalue weighted by atomic mass is 9.89. The van der Waals surface area contributed by atoms with Gasteiger partial charge >= 0.3 is 0 Å². The molecule has 1 aliphatic carbocycles. The molecule has 0 saturated heterocycles. The molecule has 0 radical (unpaired) electrons. The molecule has 4 nitrogen and oxygen atoms in total. The van der Waals surface area contributed by atoms with Gasteiger partial charge in [0.25, 0.3) is 0 Å². The Morgan fingerprint density at radius 1 is 0.596 bits per heavy atom. The summed E-state index contributed by atoms with van der Waals surface area (Å²) >= 11 is 0. The van der Waals surface area contributed by atoms with Crippen molar-refractivity contribution in [3.8, 4) is 22.3 Å². The first-order chi connectivity index (χ1) is 23.2. The van der Waals surface area contributed by atoms with Gasteiger partial charge in [-0.2, -0.15) is 0 Å². The number of allylic oxidation sites excluding steroid dienone is 1. The van der Waals surface area contributed by atoms with E-state index in [1.165, 1.54) is 0 Å². The lowest BCUT2D eigenvalue weighted by Gasteiger charge is -2.16. The topological polar surface area (TPSA) is 62.5 Å². The molecule has 0 aliphatic heterocycles. The van der Waals surface area contributed by atoms with Gasteiger partial charge in [0.15, 0.2) is 5.84 Å². The number of nitrogens with one attached hydrogen (secondary N) is 1. The number of furan rings is 2. The number of rotatable bonds is 5. The van der Waals surface area contributed by atoms with Crippen LogP contribution >= 0.6 is 0 Å². The lowest BCUT2D eigenvalue weighted by molar-refractivity contribution is 0.602. The average Bonchev–Trinajstić information content (AvgIpc) is 3.83. The fourth-order valence-electron chi connectivity index (χ4n) is 6.91. The summed E-state index contributed by atoms with van der Waals surface area (Å²) in [5, 5.41) is 12.5. The zero-order valence-electron chi connectivity index (χ0n) is 25.4. The number of aliphatic imine (C=N–C) groups is 1. The molecule has 1 aliphatic rings. The fraction of sp³-hybridized carbons (Fsp3) is 0.0233. The maximum absolute atomic E-state index is 9.54. The summed E-state index contributed by atoms with van der Waals surface area (Å²) in [7, 11) is 0. The molecule has 2 aromatic heterocycles. The molecule has 0 bridgehead atoms. The summed E-state index contributed by atoms with van der Waals surface area (Å²) in [5.74, 6) is 0.828. The minimum Gasteiger partial charge on any atom is -0.456 e. The third-order valence-corrected chi connectivity index (χ3v) is 9.07. The van der Waals surface area contributed by atoms with Crippen LogP contribution in [-0.2, 0) is 0 Å². The summed E-state index contributed by atoms with van der Waals surface area (Å²) in [6.45, 7) is 0. The Balaban J connectivity index is 1.23. The van der Waals surface area contributed by atoms with Gasteiger partial charge in [-0.3, -0.25) is 5.41 Å². The van der Waals surface area contributed by atoms with Crippen molar-refractivity contribution in [3.63, 3.8) is 0 Å². The smallest absolute Gasteiger partial charge is 0.152 e. The Hall–Kier alpha value is -6.26. The van der Waals surface area contributed by atoms with Gasteiger partial charge in [0, 0.05) is 38.8 Å². The van der Waals surface area contributed by atoms with Crippen molar-refractivity contribution in [3.05, 3.63) is 174 Å². The van der Waals surface area contributed by atoms with Crippen LogP contribution in [0.1, 0.15) is 28.4 Å². The van der Waals surface area contributed by atoms with Crippen molar-refractivity contribution in [2.24, 2.45) is 4.99 Å². The van der Waals surface area contributed by atoms with Gasteiger partial charge in [-0.15, -0.1) is 0 Å². The summed E-state index contributed by atoms with van der Waals surface area (Å²) < 4.78 is 12.7. The van der Waals surface area contributed by atoms with Crippen molar-refractivity contribution in [2.45, 2.75) is 5.92 Å². The van der Waals surface area contributed by atoms with E-state index in [9.17, 15) is 5.41 Å². The Morgan fingerprint density at radius 3 is 2.13 bits per heavy atom. The molecule has 1 atom stereocenters. The second-order valence-electron chi connectivity index (χ2n) is 11.8. The first-order valence-corrected chi connectivity index (χ1v) is 15.8. The number of benzene rings is 6. The van der Waals surface area contributed by atoms with Gasteiger partial charge < -0.3 is 8.83 Å². The molecule has 4 heteroatoms. The predicted molar refractivity (Wildman–Crippen MR) is 192 cm³/mol. The quantitative estimate of drug-likeness (QED) is 0.157. The van der Waals surface area contributed by atoms with Crippen LogP contribution in [0.4, 0.5) is 0 Å². The van der Waals surface area contributed by atoms with Gasteiger partial charge in [0.2, 0.25) is 0 Å². The molecule has 1 unspecified atom stereocenters. The van der Waals surface area contributed by atoms with Gasteiger partial charge in [0.05, 0.1) is 5.71 Å². The predicted octanol–water partition coefficient (Wildman–Crippen LogP) is 11.3. The Bertz CT molecular complexity index is 2530. The van der Waals surface area contributed by atoms with Crippen LogP contribution < -0.4 is 0 Å². The van der Waals surface area contributed by atoms with Gasteiger partial charge in [-0.1, -0.05) is 133 Å². The molecular formula is C43H28N2O2. The Kier molecular flexibility index (Phi) is 6.32. The van der Waals surface area contributed by atoms with E-state index >= 15 is 0 Å². The van der Waals surface area contributed by atoms with E-state index < -0.39 is 0 Å². The van der Waals surface area contributed by atoms with Gasteiger partial charge in [0.1, 0.15) is 22.5 Å². The molecule has 222 valence electrons. The van der Waals surface area contributed by atoms with Crippen LogP contribution in [0.15, 0.2) is 165 Å². The molecule has 0 fully saturated rings. The average molecular weight is 605 g/mol. The third-order valence-electron chi connectivity index (χ3n) is 9.07. The minimum atomic E-state index is -0.190. The van der Waals surface area contributed by atoms with Crippen LogP contribution in [0.3, 0.4) is 0 Å². The number of hydrogen-bond donors (Lipinski definition) is 1. The van der Waals surface area contributed by atoms with Crippen LogP contribution in [0.5, 0.6) is 0 Å². The summed E-state index contributed by atoms with van der Waals surface area (Å²) in [4.78, 5) is 5.20. The highest BCUT2D eigenvalue weighted by Crippen LogP contribution is 2.42. The highest BCUT2D eigenvalue weighted by Gasteiger charge is 2.30. The lowest BCUT2D eigenvalue weighted by Crippen LogP contribution is -2.14. The molecule has 1 N–H and O–H groups in total. The number of fused-ring (bicyclic) bond motifs is 6. The van der Waals surface area contributed by atoms with Crippen molar-refractivity contribution in [1.29, 1.82) is 5.41 Å². The Morgan fingerprint density at radius 2 is 1.28 bits per heavy atom. The van der Waals surface area contributed by atoms with Crippen molar-refractivity contribution in [2.75, 3.05) is 0 Å². The number of hydrogen-bond acceptors (Lipinski definition) is 3. The summed E-state index contributed by atoms with van der Waals surface area (Å²) in [6, 6.07) is 49.3. The monoisotopic (exact) mass is 604 g/mol. The molecule has 0 amide bonds. The minimum absolute atomic E-state index is 0.179. The second-order valence-corrected chi connectivity index (χ2v) is 11.8. The maximum Gasteiger partial charge on any atom is 0.152 e. The zero-order valence-corrected chi connectivity index (χ0v) is 25.4. The van der Waals surface area contributed by atoms with Crippen molar-refractivity contribution < 1.29 is 8.83 Å². The molecule has 47 heavy (non-hydrogen) atoms. The van der Waals surface area contributed by atoms with Crippen LogP contribution in [-0.4, -0.2) is 11.5 Å². The van der Waals surface area contributed by atoms with E-state index in [0.29, 0.717) is 0 Å². The van der Waals surface area contributed by atoms with E-state index in [0.717, 1.165) is 83.3 Å². The Labute approximate surface area is 271 Å². The van der Waals surface area contributed by atoms with Crippen LogP contribution in [0.2, 0.25) is 0 Å². The molecule has 9 rings (SSSR count). The fourth-order valence-corrected chi connectivity index (χ4v) is 6.91. The first kappa shape index (κ1) is 27.1. The van der Waals surface area contributed by atoms with E-state index in [4.69, 9.17) is 13.8 Å². The summed E-state index contributed by atoms with van der Waals surface area (Å²) in [6.07, 6.45) is 4.18.